The first-order chi connectivity index (χ1) is 15.0. The first kappa shape index (κ1) is 21.2. The van der Waals surface area contributed by atoms with Gasteiger partial charge >= 0.3 is 6.18 Å². The van der Waals surface area contributed by atoms with E-state index >= 15 is 0 Å². The third-order valence-corrected chi connectivity index (χ3v) is 5.05. The Kier molecular flexibility index (Phi) is 6.44. The van der Waals surface area contributed by atoms with Crippen LogP contribution in [-0.4, -0.2) is 37.3 Å². The molecule has 1 atom stereocenters. The molecule has 1 fully saturated rings. The van der Waals surface area contributed by atoms with Crippen molar-refractivity contribution in [1.82, 2.24) is 10.2 Å². The molecule has 4 rings (SSSR count). The summed E-state index contributed by atoms with van der Waals surface area (Å²) in [4.78, 5) is 1.45. The molecule has 3 aromatic carbocycles. The molecule has 1 aliphatic rings. The largest absolute Gasteiger partial charge is 0.453 e. The van der Waals surface area contributed by atoms with Gasteiger partial charge in [-0.1, -0.05) is 42.5 Å². The molecule has 0 unspecified atom stereocenters. The number of ether oxygens (including phenoxy) is 2. The van der Waals surface area contributed by atoms with Crippen molar-refractivity contribution in [1.29, 1.82) is 0 Å². The molecule has 0 amide bonds. The number of benzene rings is 3. The van der Waals surface area contributed by atoms with Gasteiger partial charge in [-0.2, -0.15) is 13.2 Å². The van der Waals surface area contributed by atoms with Crippen molar-refractivity contribution in [2.75, 3.05) is 26.2 Å². The van der Waals surface area contributed by atoms with E-state index < -0.39 is 12.2 Å². The Bertz CT molecular complexity index is 975. The highest BCUT2D eigenvalue weighted by Crippen LogP contribution is 2.42. The maximum Gasteiger partial charge on any atom is 0.408 e. The first-order valence-electron chi connectivity index (χ1n) is 10.1. The van der Waals surface area contributed by atoms with E-state index in [1.54, 1.807) is 42.5 Å². The van der Waals surface area contributed by atoms with E-state index in [4.69, 9.17) is 9.47 Å². The second-order valence-electron chi connectivity index (χ2n) is 7.27. The van der Waals surface area contributed by atoms with E-state index in [0.29, 0.717) is 43.4 Å². The maximum absolute atomic E-state index is 14.1. The van der Waals surface area contributed by atoms with E-state index in [1.807, 2.05) is 24.3 Å². The van der Waals surface area contributed by atoms with Crippen LogP contribution in [0.25, 0.3) is 0 Å². The lowest BCUT2D eigenvalue weighted by atomic mass is 10.0. The van der Waals surface area contributed by atoms with Gasteiger partial charge < -0.3 is 14.8 Å². The van der Waals surface area contributed by atoms with E-state index in [9.17, 15) is 13.2 Å². The molecule has 0 bridgehead atoms. The fourth-order valence-electron chi connectivity index (χ4n) is 3.64. The van der Waals surface area contributed by atoms with Gasteiger partial charge in [-0.15, -0.1) is 0 Å². The molecule has 1 N–H and O–H groups in total. The molecule has 1 aliphatic heterocycles. The monoisotopic (exact) mass is 428 g/mol. The van der Waals surface area contributed by atoms with Gasteiger partial charge in [0.05, 0.1) is 0 Å². The van der Waals surface area contributed by atoms with Crippen molar-refractivity contribution in [2.45, 2.75) is 12.2 Å². The molecule has 0 saturated carbocycles. The van der Waals surface area contributed by atoms with Gasteiger partial charge in [-0.3, -0.25) is 4.90 Å². The van der Waals surface area contributed by atoms with Crippen LogP contribution in [0.1, 0.15) is 11.6 Å². The van der Waals surface area contributed by atoms with Crippen molar-refractivity contribution in [3.63, 3.8) is 0 Å². The number of halogens is 3. The average molecular weight is 428 g/mol. The van der Waals surface area contributed by atoms with Crippen LogP contribution in [0.15, 0.2) is 78.9 Å². The van der Waals surface area contributed by atoms with Gasteiger partial charge in [0.15, 0.2) is 11.5 Å². The average Bonchev–Trinajstić information content (AvgIpc) is 2.77. The molecule has 162 valence electrons. The number of hydrogen-bond donors (Lipinski definition) is 1. The van der Waals surface area contributed by atoms with Crippen molar-refractivity contribution < 1.29 is 22.6 Å². The molecule has 3 aromatic rings. The summed E-state index contributed by atoms with van der Waals surface area (Å²) in [6, 6.07) is 20.7. The highest BCUT2D eigenvalue weighted by molar-refractivity contribution is 5.48. The van der Waals surface area contributed by atoms with Crippen LogP contribution in [0.3, 0.4) is 0 Å². The van der Waals surface area contributed by atoms with Gasteiger partial charge in [0.25, 0.3) is 0 Å². The number of piperazine rings is 1. The molecule has 31 heavy (non-hydrogen) atoms. The van der Waals surface area contributed by atoms with Crippen LogP contribution < -0.4 is 14.8 Å². The quantitative estimate of drug-likeness (QED) is 0.540. The number of rotatable bonds is 6. The predicted octanol–water partition coefficient (Wildman–Crippen LogP) is 5.78. The van der Waals surface area contributed by atoms with Crippen molar-refractivity contribution in [3.05, 3.63) is 84.4 Å². The number of nitrogens with zero attached hydrogens (tertiary/aromatic N) is 1. The number of hydrogen-bond acceptors (Lipinski definition) is 4. The zero-order valence-electron chi connectivity index (χ0n) is 16.8. The fraction of sp³-hybridized carbons (Fsp3) is 0.250. The SMILES string of the molecule is FC(F)(F)[C@@H](c1ccc(Oc2ccccc2)c(Oc2ccccc2)c1)N1CCNCC1. The van der Waals surface area contributed by atoms with E-state index in [2.05, 4.69) is 5.32 Å². The molecule has 0 aliphatic carbocycles. The summed E-state index contributed by atoms with van der Waals surface area (Å²) in [5.41, 5.74) is 0.126. The lowest BCUT2D eigenvalue weighted by molar-refractivity contribution is -0.187. The Hall–Kier alpha value is -3.03. The van der Waals surface area contributed by atoms with Crippen LogP contribution >= 0.6 is 0 Å². The molecule has 0 spiro atoms. The molecule has 0 aromatic heterocycles. The Balaban J connectivity index is 1.71. The van der Waals surface area contributed by atoms with Crippen LogP contribution in [0.2, 0.25) is 0 Å². The summed E-state index contributed by atoms with van der Waals surface area (Å²) < 4.78 is 54.1. The summed E-state index contributed by atoms with van der Waals surface area (Å²) in [6.07, 6.45) is -4.41. The minimum atomic E-state index is -4.41. The molecule has 1 heterocycles. The van der Waals surface area contributed by atoms with Crippen molar-refractivity contribution in [3.8, 4) is 23.0 Å². The lowest BCUT2D eigenvalue weighted by Crippen LogP contribution is -2.49. The third-order valence-electron chi connectivity index (χ3n) is 5.05. The van der Waals surface area contributed by atoms with Crippen LogP contribution in [0.4, 0.5) is 13.2 Å². The van der Waals surface area contributed by atoms with Gasteiger partial charge in [-0.05, 0) is 42.0 Å². The fourth-order valence-corrected chi connectivity index (χ4v) is 3.64. The molecule has 4 nitrogen and oxygen atoms in total. The summed E-state index contributed by atoms with van der Waals surface area (Å²) in [6.45, 7) is 1.69. The highest BCUT2D eigenvalue weighted by atomic mass is 19.4. The molecular weight excluding hydrogens is 405 g/mol. The van der Waals surface area contributed by atoms with Crippen molar-refractivity contribution >= 4 is 0 Å². The first-order valence-corrected chi connectivity index (χ1v) is 10.1. The molecular formula is C24H23F3N2O2. The minimum Gasteiger partial charge on any atom is -0.453 e. The van der Waals surface area contributed by atoms with E-state index in [1.165, 1.54) is 17.0 Å². The Morgan fingerprint density at radius 3 is 1.84 bits per heavy atom. The lowest BCUT2D eigenvalue weighted by Gasteiger charge is -2.36. The summed E-state index contributed by atoms with van der Waals surface area (Å²) in [5.74, 6) is 1.67. The topological polar surface area (TPSA) is 33.7 Å². The highest BCUT2D eigenvalue weighted by Gasteiger charge is 2.45. The second-order valence-corrected chi connectivity index (χ2v) is 7.27. The number of alkyl halides is 3. The van der Waals surface area contributed by atoms with Gasteiger partial charge in [0.1, 0.15) is 17.5 Å². The van der Waals surface area contributed by atoms with Crippen LogP contribution in [-0.2, 0) is 0 Å². The second kappa shape index (κ2) is 9.41. The van der Waals surface area contributed by atoms with Crippen LogP contribution in [0.5, 0.6) is 23.0 Å². The minimum absolute atomic E-state index is 0.126. The summed E-state index contributed by atoms with van der Waals surface area (Å²) in [5, 5.41) is 3.10. The zero-order chi connectivity index (χ0) is 21.7. The summed E-state index contributed by atoms with van der Waals surface area (Å²) >= 11 is 0. The third kappa shape index (κ3) is 5.37. The maximum atomic E-state index is 14.1. The molecule has 7 heteroatoms. The van der Waals surface area contributed by atoms with E-state index in [0.717, 1.165) is 0 Å². The number of para-hydroxylation sites is 2. The smallest absolute Gasteiger partial charge is 0.408 e. The van der Waals surface area contributed by atoms with E-state index in [-0.39, 0.29) is 11.3 Å². The van der Waals surface area contributed by atoms with Crippen molar-refractivity contribution in [2.24, 2.45) is 0 Å². The predicted molar refractivity (Wildman–Crippen MR) is 113 cm³/mol. The molecule has 0 radical (unpaired) electrons. The Morgan fingerprint density at radius 1 is 0.742 bits per heavy atom. The molecule has 1 saturated heterocycles. The van der Waals surface area contributed by atoms with Gasteiger partial charge in [-0.25, -0.2) is 0 Å². The Labute approximate surface area is 179 Å². The zero-order valence-corrected chi connectivity index (χ0v) is 16.8. The van der Waals surface area contributed by atoms with Gasteiger partial charge in [0, 0.05) is 26.2 Å². The van der Waals surface area contributed by atoms with Crippen LogP contribution in [0, 0.1) is 0 Å². The normalized spacial score (nSPS) is 16.0. The van der Waals surface area contributed by atoms with Gasteiger partial charge in [0.2, 0.25) is 0 Å². The summed E-state index contributed by atoms with van der Waals surface area (Å²) in [7, 11) is 0. The standard InChI is InChI=1S/C24H23F3N2O2/c25-24(26,27)23(29-15-13-28-14-16-29)18-11-12-21(30-19-7-3-1-4-8-19)22(17-18)31-20-9-5-2-6-10-20/h1-12,17,23,28H,13-16H2/t23-/m1/s1. The Morgan fingerprint density at radius 2 is 1.29 bits per heavy atom. The number of nitrogens with one attached hydrogen (secondary N) is 1.